The Kier molecular flexibility index (Phi) is 5.31. The molecule has 0 radical (unpaired) electrons. The predicted molar refractivity (Wildman–Crippen MR) is 83.0 cm³/mol. The molecule has 1 aromatic rings. The van der Waals surface area contributed by atoms with Crippen molar-refractivity contribution in [1.82, 2.24) is 4.90 Å². The zero-order chi connectivity index (χ0) is 15.4. The van der Waals surface area contributed by atoms with Gasteiger partial charge >= 0.3 is 6.03 Å². The monoisotopic (exact) mass is 312 g/mol. The molecule has 0 saturated carbocycles. The summed E-state index contributed by atoms with van der Waals surface area (Å²) < 4.78 is 5.35. The lowest BCUT2D eigenvalue weighted by Gasteiger charge is -2.34. The molecule has 1 aromatic carbocycles. The number of nitrogens with zero attached hydrogens (tertiary/aromatic N) is 1. The normalized spacial score (nSPS) is 22.0. The predicted octanol–water partition coefficient (Wildman–Crippen LogP) is 2.97. The average molecular weight is 313 g/mol. The molecular weight excluding hydrogens is 292 g/mol. The fraction of sp³-hybridized carbons (Fsp3) is 0.533. The molecule has 21 heavy (non-hydrogen) atoms. The van der Waals surface area contributed by atoms with Crippen LogP contribution in [0.15, 0.2) is 18.2 Å². The van der Waals surface area contributed by atoms with Crippen LogP contribution in [0.4, 0.5) is 10.5 Å². The second-order valence-electron chi connectivity index (χ2n) is 5.29. The van der Waals surface area contributed by atoms with Crippen LogP contribution in [0.5, 0.6) is 5.75 Å². The molecule has 0 spiro atoms. The summed E-state index contributed by atoms with van der Waals surface area (Å²) in [5, 5.41) is 13.1. The quantitative estimate of drug-likeness (QED) is 0.902. The van der Waals surface area contributed by atoms with Gasteiger partial charge in [0, 0.05) is 18.8 Å². The highest BCUT2D eigenvalue weighted by Crippen LogP contribution is 2.28. The molecule has 2 amide bonds. The number of amides is 2. The highest BCUT2D eigenvalue weighted by molar-refractivity contribution is 6.32. The minimum atomic E-state index is -0.464. The largest absolute Gasteiger partial charge is 0.492 e. The summed E-state index contributed by atoms with van der Waals surface area (Å²) in [6.45, 7) is 5.42. The van der Waals surface area contributed by atoms with Crippen molar-refractivity contribution in [2.45, 2.75) is 26.4 Å². The molecule has 1 heterocycles. The Labute approximate surface area is 129 Å². The fourth-order valence-corrected chi connectivity index (χ4v) is 2.52. The molecular formula is C15H21ClN2O3. The van der Waals surface area contributed by atoms with Crippen molar-refractivity contribution >= 4 is 23.3 Å². The van der Waals surface area contributed by atoms with Crippen LogP contribution in [-0.4, -0.2) is 41.8 Å². The van der Waals surface area contributed by atoms with E-state index < -0.39 is 6.10 Å². The molecule has 0 bridgehead atoms. The van der Waals surface area contributed by atoms with Crippen LogP contribution >= 0.6 is 11.6 Å². The van der Waals surface area contributed by atoms with Gasteiger partial charge in [0.25, 0.3) is 0 Å². The second kappa shape index (κ2) is 7.00. The molecule has 0 aliphatic carbocycles. The molecule has 6 heteroatoms. The van der Waals surface area contributed by atoms with E-state index in [1.54, 1.807) is 23.1 Å². The molecule has 2 N–H and O–H groups in total. The first kappa shape index (κ1) is 15.9. The Morgan fingerprint density at radius 3 is 2.95 bits per heavy atom. The average Bonchev–Trinajstić information content (AvgIpc) is 2.45. The number of β-amino-alcohol motifs (C(OH)–C–C–N with tert-alkyl or cyclic N) is 1. The summed E-state index contributed by atoms with van der Waals surface area (Å²) in [5.41, 5.74) is 0.613. The zero-order valence-electron chi connectivity index (χ0n) is 12.3. The lowest BCUT2D eigenvalue weighted by molar-refractivity contribution is 0.0464. The number of likely N-dealkylation sites (tertiary alicyclic amines) is 1. The van der Waals surface area contributed by atoms with Crippen LogP contribution in [0.25, 0.3) is 0 Å². The maximum absolute atomic E-state index is 12.2. The second-order valence-corrected chi connectivity index (χ2v) is 5.69. The number of ether oxygens (including phenoxy) is 1. The molecule has 0 aromatic heterocycles. The molecule has 2 rings (SSSR count). The lowest BCUT2D eigenvalue weighted by atomic mass is 9.96. The fourth-order valence-electron chi connectivity index (χ4n) is 2.29. The Morgan fingerprint density at radius 2 is 2.33 bits per heavy atom. The number of piperidine rings is 1. The standard InChI is InChI=1S/C15H21ClN2O3/c1-3-21-14-5-4-11(8-12(14)16)17-15(20)18-7-6-10(2)13(19)9-18/h4-5,8,10,13,19H,3,6-7,9H2,1-2H3,(H,17,20). The Hall–Kier alpha value is -1.46. The third-order valence-corrected chi connectivity index (χ3v) is 3.98. The molecule has 2 unspecified atom stereocenters. The molecule has 1 fully saturated rings. The number of halogens is 1. The maximum atomic E-state index is 12.2. The van der Waals surface area contributed by atoms with E-state index in [1.807, 2.05) is 13.8 Å². The van der Waals surface area contributed by atoms with Gasteiger partial charge in [0.2, 0.25) is 0 Å². The molecule has 1 saturated heterocycles. The van der Waals surface area contributed by atoms with Crippen LogP contribution in [0.3, 0.4) is 0 Å². The van der Waals surface area contributed by atoms with Crippen molar-refractivity contribution in [2.24, 2.45) is 5.92 Å². The van der Waals surface area contributed by atoms with Crippen molar-refractivity contribution in [3.8, 4) is 5.75 Å². The van der Waals surface area contributed by atoms with Crippen LogP contribution in [-0.2, 0) is 0 Å². The minimum absolute atomic E-state index is 0.221. The maximum Gasteiger partial charge on any atom is 0.321 e. The van der Waals surface area contributed by atoms with Crippen molar-refractivity contribution in [3.05, 3.63) is 23.2 Å². The number of aliphatic hydroxyl groups excluding tert-OH is 1. The minimum Gasteiger partial charge on any atom is -0.492 e. The van der Waals surface area contributed by atoms with Gasteiger partial charge in [-0.2, -0.15) is 0 Å². The van der Waals surface area contributed by atoms with Crippen LogP contribution < -0.4 is 10.1 Å². The number of urea groups is 1. The number of hydrogen-bond acceptors (Lipinski definition) is 3. The van der Waals surface area contributed by atoms with Crippen LogP contribution in [0, 0.1) is 5.92 Å². The van der Waals surface area contributed by atoms with Gasteiger partial charge in [-0.25, -0.2) is 4.79 Å². The molecule has 116 valence electrons. The van der Waals surface area contributed by atoms with Crippen molar-refractivity contribution in [1.29, 1.82) is 0 Å². The van der Waals surface area contributed by atoms with Gasteiger partial charge in [0.05, 0.1) is 17.7 Å². The smallest absolute Gasteiger partial charge is 0.321 e. The van der Waals surface area contributed by atoms with Gasteiger partial charge in [-0.3, -0.25) is 0 Å². The number of carbonyl (C=O) groups excluding carboxylic acids is 1. The van der Waals surface area contributed by atoms with E-state index in [1.165, 1.54) is 0 Å². The van der Waals surface area contributed by atoms with E-state index in [4.69, 9.17) is 16.3 Å². The number of anilines is 1. The van der Waals surface area contributed by atoms with Gasteiger partial charge in [-0.15, -0.1) is 0 Å². The van der Waals surface area contributed by atoms with Crippen molar-refractivity contribution < 1.29 is 14.6 Å². The van der Waals surface area contributed by atoms with Crippen molar-refractivity contribution in [3.63, 3.8) is 0 Å². The number of aliphatic hydroxyl groups is 1. The van der Waals surface area contributed by atoms with Crippen molar-refractivity contribution in [2.75, 3.05) is 25.0 Å². The molecule has 1 aliphatic rings. The third-order valence-electron chi connectivity index (χ3n) is 3.69. The first-order valence-corrected chi connectivity index (χ1v) is 7.55. The SMILES string of the molecule is CCOc1ccc(NC(=O)N2CCC(C)C(O)C2)cc1Cl. The van der Waals surface area contributed by atoms with Crippen LogP contribution in [0.2, 0.25) is 5.02 Å². The number of hydrogen-bond donors (Lipinski definition) is 2. The Balaban J connectivity index is 1.98. The summed E-state index contributed by atoms with van der Waals surface area (Å²) in [6.07, 6.45) is 0.340. The molecule has 2 atom stereocenters. The topological polar surface area (TPSA) is 61.8 Å². The summed E-state index contributed by atoms with van der Waals surface area (Å²) in [5.74, 6) is 0.827. The van der Waals surface area contributed by atoms with E-state index in [2.05, 4.69) is 5.32 Å². The van der Waals surface area contributed by atoms with E-state index in [9.17, 15) is 9.90 Å². The Bertz CT molecular complexity index is 510. The summed E-state index contributed by atoms with van der Waals surface area (Å²) in [7, 11) is 0. The number of benzene rings is 1. The zero-order valence-corrected chi connectivity index (χ0v) is 13.1. The highest BCUT2D eigenvalue weighted by atomic mass is 35.5. The van der Waals surface area contributed by atoms with Crippen LogP contribution in [0.1, 0.15) is 20.3 Å². The van der Waals surface area contributed by atoms with Gasteiger partial charge < -0.3 is 20.1 Å². The lowest BCUT2D eigenvalue weighted by Crippen LogP contribution is -2.47. The van der Waals surface area contributed by atoms with Gasteiger partial charge in [0.1, 0.15) is 5.75 Å². The summed E-state index contributed by atoms with van der Waals surface area (Å²) >= 11 is 6.09. The van der Waals surface area contributed by atoms with E-state index in [0.717, 1.165) is 6.42 Å². The third kappa shape index (κ3) is 4.02. The Morgan fingerprint density at radius 1 is 1.57 bits per heavy atom. The highest BCUT2D eigenvalue weighted by Gasteiger charge is 2.27. The summed E-state index contributed by atoms with van der Waals surface area (Å²) in [4.78, 5) is 13.8. The van der Waals surface area contributed by atoms with E-state index in [-0.39, 0.29) is 11.9 Å². The summed E-state index contributed by atoms with van der Waals surface area (Å²) in [6, 6.07) is 4.92. The molecule has 5 nitrogen and oxygen atoms in total. The first-order chi connectivity index (χ1) is 10.0. The number of nitrogens with one attached hydrogen (secondary N) is 1. The van der Waals surface area contributed by atoms with Gasteiger partial charge in [-0.05, 0) is 37.5 Å². The number of carbonyl (C=O) groups is 1. The van der Waals surface area contributed by atoms with Gasteiger partial charge in [0.15, 0.2) is 0 Å². The molecule has 1 aliphatic heterocycles. The first-order valence-electron chi connectivity index (χ1n) is 7.17. The van der Waals surface area contributed by atoms with E-state index in [0.29, 0.717) is 36.2 Å². The van der Waals surface area contributed by atoms with Gasteiger partial charge in [-0.1, -0.05) is 18.5 Å². The number of rotatable bonds is 3. The van der Waals surface area contributed by atoms with E-state index >= 15 is 0 Å².